The molecule has 0 saturated heterocycles. The Hall–Kier alpha value is -5.08. The number of fused-ring (bicyclic) bond motifs is 3. The average molecular weight is 572 g/mol. The number of hydrogen-bond donors (Lipinski definition) is 2. The van der Waals surface area contributed by atoms with Crippen LogP contribution in [0.3, 0.4) is 0 Å². The highest BCUT2D eigenvalue weighted by Gasteiger charge is 2.20. The number of nitrogens with two attached hydrogens (primary N) is 1. The maximum absolute atomic E-state index is 13.5. The topological polar surface area (TPSA) is 98.4 Å². The van der Waals surface area contributed by atoms with Gasteiger partial charge in [0.05, 0.1) is 11.0 Å². The zero-order valence-electron chi connectivity index (χ0n) is 23.8. The number of hydrogen-bond acceptors (Lipinski definition) is 6. The SMILES string of the molecule is NCCCn1cc(-c2nc3cc4c(cc3[nH]c2=O)OCCO4)c2cc(N(Cc3ccccc3)Cc3ccccc3)ccc21. The van der Waals surface area contributed by atoms with Crippen molar-refractivity contribution in [3.05, 3.63) is 119 Å². The molecule has 6 aromatic rings. The summed E-state index contributed by atoms with van der Waals surface area (Å²) in [6, 6.07) is 31.1. The number of rotatable bonds is 9. The van der Waals surface area contributed by atoms with Crippen LogP contribution in [0.1, 0.15) is 17.5 Å². The average Bonchev–Trinajstić information content (AvgIpc) is 3.40. The summed E-state index contributed by atoms with van der Waals surface area (Å²) in [6.07, 6.45) is 2.86. The molecule has 0 radical (unpaired) electrons. The van der Waals surface area contributed by atoms with Gasteiger partial charge in [-0.15, -0.1) is 0 Å². The number of aryl methyl sites for hydroxylation is 1. The highest BCUT2D eigenvalue weighted by Crippen LogP contribution is 2.36. The summed E-state index contributed by atoms with van der Waals surface area (Å²) in [7, 11) is 0. The molecule has 1 aliphatic rings. The van der Waals surface area contributed by atoms with E-state index in [0.29, 0.717) is 48.0 Å². The standard InChI is InChI=1S/C35H33N5O3/c36-14-7-15-39-23-28(34-35(41)38-30-20-33-32(19-29(30)37-34)42-16-17-43-33)27-18-26(12-13-31(27)39)40(21-24-8-3-1-4-9-24)22-25-10-5-2-6-11-25/h1-6,8-13,18-20,23H,7,14-17,21-22,36H2,(H,38,41). The van der Waals surface area contributed by atoms with Gasteiger partial charge in [-0.3, -0.25) is 4.79 Å². The van der Waals surface area contributed by atoms with Gasteiger partial charge in [0.1, 0.15) is 18.9 Å². The number of nitrogens with one attached hydrogen (secondary N) is 1. The molecule has 8 nitrogen and oxygen atoms in total. The van der Waals surface area contributed by atoms with Crippen molar-refractivity contribution in [3.63, 3.8) is 0 Å². The largest absolute Gasteiger partial charge is 0.486 e. The molecule has 7 rings (SSSR count). The van der Waals surface area contributed by atoms with Crippen molar-refractivity contribution in [2.24, 2.45) is 5.73 Å². The van der Waals surface area contributed by atoms with Crippen LogP contribution in [0.4, 0.5) is 5.69 Å². The van der Waals surface area contributed by atoms with E-state index < -0.39 is 0 Å². The first-order valence-electron chi connectivity index (χ1n) is 14.7. The summed E-state index contributed by atoms with van der Waals surface area (Å²) in [6.45, 7) is 3.77. The lowest BCUT2D eigenvalue weighted by Gasteiger charge is -2.26. The Labute approximate surface area is 249 Å². The van der Waals surface area contributed by atoms with Crippen LogP contribution in [0.2, 0.25) is 0 Å². The lowest BCUT2D eigenvalue weighted by atomic mass is 10.1. The van der Waals surface area contributed by atoms with Crippen LogP contribution in [0, 0.1) is 0 Å². The number of aromatic amines is 1. The van der Waals surface area contributed by atoms with Crippen LogP contribution in [-0.4, -0.2) is 34.3 Å². The van der Waals surface area contributed by atoms with E-state index in [-0.39, 0.29) is 5.56 Å². The predicted octanol–water partition coefficient (Wildman–Crippen LogP) is 5.87. The number of anilines is 1. The maximum atomic E-state index is 13.5. The Morgan fingerprint density at radius 1 is 0.860 bits per heavy atom. The molecule has 0 aliphatic carbocycles. The van der Waals surface area contributed by atoms with Crippen molar-refractivity contribution >= 4 is 27.6 Å². The second kappa shape index (κ2) is 11.7. The molecule has 3 heterocycles. The Bertz CT molecular complexity index is 1910. The third-order valence-electron chi connectivity index (χ3n) is 7.88. The monoisotopic (exact) mass is 571 g/mol. The molecule has 8 heteroatoms. The Balaban J connectivity index is 1.36. The number of H-pyrrole nitrogens is 1. The first-order valence-corrected chi connectivity index (χ1v) is 14.7. The molecule has 216 valence electrons. The van der Waals surface area contributed by atoms with Gasteiger partial charge in [0.25, 0.3) is 5.56 Å². The van der Waals surface area contributed by atoms with Crippen molar-refractivity contribution in [2.75, 3.05) is 24.7 Å². The summed E-state index contributed by atoms with van der Waals surface area (Å²) in [5, 5.41) is 0.968. The molecule has 3 N–H and O–H groups in total. The molecule has 43 heavy (non-hydrogen) atoms. The Morgan fingerprint density at radius 3 is 2.21 bits per heavy atom. The van der Waals surface area contributed by atoms with Crippen LogP contribution < -0.4 is 25.7 Å². The van der Waals surface area contributed by atoms with E-state index in [1.54, 1.807) is 6.07 Å². The van der Waals surface area contributed by atoms with Gasteiger partial charge < -0.3 is 29.7 Å². The van der Waals surface area contributed by atoms with Crippen molar-refractivity contribution in [2.45, 2.75) is 26.1 Å². The van der Waals surface area contributed by atoms with E-state index in [4.69, 9.17) is 20.2 Å². The molecule has 2 aromatic heterocycles. The number of ether oxygens (including phenoxy) is 2. The second-order valence-corrected chi connectivity index (χ2v) is 10.8. The van der Waals surface area contributed by atoms with Gasteiger partial charge in [-0.2, -0.15) is 0 Å². The fourth-order valence-corrected chi connectivity index (χ4v) is 5.77. The molecule has 0 saturated carbocycles. The molecule has 0 spiro atoms. The van der Waals surface area contributed by atoms with E-state index in [2.05, 4.69) is 81.2 Å². The van der Waals surface area contributed by atoms with Crippen LogP contribution in [0.5, 0.6) is 11.5 Å². The van der Waals surface area contributed by atoms with Gasteiger partial charge in [-0.25, -0.2) is 4.98 Å². The number of benzene rings is 4. The van der Waals surface area contributed by atoms with Gasteiger partial charge in [-0.05, 0) is 42.3 Å². The molecular formula is C35H33N5O3. The Kier molecular flexibility index (Phi) is 7.27. The van der Waals surface area contributed by atoms with E-state index in [1.165, 1.54) is 11.1 Å². The molecule has 0 atom stereocenters. The third kappa shape index (κ3) is 5.45. The van der Waals surface area contributed by atoms with E-state index in [0.717, 1.165) is 48.2 Å². The van der Waals surface area contributed by atoms with E-state index in [1.807, 2.05) is 24.4 Å². The lowest BCUT2D eigenvalue weighted by Crippen LogP contribution is -2.22. The summed E-state index contributed by atoms with van der Waals surface area (Å²) in [4.78, 5) is 23.8. The van der Waals surface area contributed by atoms with Gasteiger partial charge >= 0.3 is 0 Å². The zero-order chi connectivity index (χ0) is 29.2. The summed E-state index contributed by atoms with van der Waals surface area (Å²) in [5.41, 5.74) is 12.6. The molecule has 0 fully saturated rings. The van der Waals surface area contributed by atoms with Crippen LogP contribution in [0.25, 0.3) is 33.2 Å². The molecule has 1 aliphatic heterocycles. The molecule has 0 amide bonds. The van der Waals surface area contributed by atoms with Crippen molar-refractivity contribution in [1.82, 2.24) is 14.5 Å². The minimum Gasteiger partial charge on any atom is -0.486 e. The second-order valence-electron chi connectivity index (χ2n) is 10.8. The number of nitrogens with zero attached hydrogens (tertiary/aromatic N) is 3. The minimum atomic E-state index is -0.252. The van der Waals surface area contributed by atoms with Gasteiger partial charge in [0.15, 0.2) is 11.5 Å². The van der Waals surface area contributed by atoms with Crippen LogP contribution >= 0.6 is 0 Å². The van der Waals surface area contributed by atoms with Crippen molar-refractivity contribution in [3.8, 4) is 22.8 Å². The Morgan fingerprint density at radius 2 is 1.53 bits per heavy atom. The quantitative estimate of drug-likeness (QED) is 0.225. The molecule has 0 bridgehead atoms. The van der Waals surface area contributed by atoms with E-state index in [9.17, 15) is 4.79 Å². The normalized spacial score (nSPS) is 12.6. The third-order valence-corrected chi connectivity index (χ3v) is 7.88. The highest BCUT2D eigenvalue weighted by atomic mass is 16.6. The predicted molar refractivity (Wildman–Crippen MR) is 171 cm³/mol. The lowest BCUT2D eigenvalue weighted by molar-refractivity contribution is 0.172. The maximum Gasteiger partial charge on any atom is 0.275 e. The highest BCUT2D eigenvalue weighted by molar-refractivity contribution is 5.98. The van der Waals surface area contributed by atoms with Crippen molar-refractivity contribution in [1.29, 1.82) is 0 Å². The van der Waals surface area contributed by atoms with Gasteiger partial charge in [-0.1, -0.05) is 60.7 Å². The molecular weight excluding hydrogens is 538 g/mol. The summed E-state index contributed by atoms with van der Waals surface area (Å²) < 4.78 is 13.7. The first kappa shape index (κ1) is 26.8. The van der Waals surface area contributed by atoms with Gasteiger partial charge in [0.2, 0.25) is 0 Å². The first-order chi connectivity index (χ1) is 21.2. The fourth-order valence-electron chi connectivity index (χ4n) is 5.77. The summed E-state index contributed by atoms with van der Waals surface area (Å²) >= 11 is 0. The smallest absolute Gasteiger partial charge is 0.275 e. The fraction of sp³-hybridized carbons (Fsp3) is 0.200. The van der Waals surface area contributed by atoms with E-state index >= 15 is 0 Å². The number of aromatic nitrogens is 3. The van der Waals surface area contributed by atoms with Crippen LogP contribution in [0.15, 0.2) is 102 Å². The van der Waals surface area contributed by atoms with Gasteiger partial charge in [0, 0.05) is 60.1 Å². The molecule has 4 aromatic carbocycles. The minimum absolute atomic E-state index is 0.252. The summed E-state index contributed by atoms with van der Waals surface area (Å²) in [5.74, 6) is 1.25. The van der Waals surface area contributed by atoms with Crippen LogP contribution in [-0.2, 0) is 19.6 Å². The zero-order valence-corrected chi connectivity index (χ0v) is 23.8. The van der Waals surface area contributed by atoms with Crippen molar-refractivity contribution < 1.29 is 9.47 Å². The molecule has 0 unspecified atom stereocenters.